The van der Waals surface area contributed by atoms with Crippen LogP contribution >= 0.6 is 11.8 Å². The van der Waals surface area contributed by atoms with Crippen LogP contribution in [0.4, 0.5) is 0 Å². The SMILES string of the molecule is CCCCC/C=C\C\C=C/C=C/C=C/[C@@H](SCC(NC(=O)CCC(N)C(=O)O)C(=O)O)[C@@H](O)CCCC(=O)O. The maximum Gasteiger partial charge on any atom is 0.327 e. The van der Waals surface area contributed by atoms with Gasteiger partial charge in [0.05, 0.1) is 6.10 Å². The van der Waals surface area contributed by atoms with Gasteiger partial charge in [0, 0.05) is 23.8 Å². The lowest BCUT2D eigenvalue weighted by atomic mass is 10.1. The fourth-order valence-corrected chi connectivity index (χ4v) is 4.44. The highest BCUT2D eigenvalue weighted by Crippen LogP contribution is 2.21. The van der Waals surface area contributed by atoms with Crippen molar-refractivity contribution in [3.05, 3.63) is 48.6 Å². The van der Waals surface area contributed by atoms with Gasteiger partial charge in [-0.3, -0.25) is 14.4 Å². The van der Waals surface area contributed by atoms with Crippen LogP contribution in [-0.2, 0) is 19.2 Å². The number of amides is 1. The van der Waals surface area contributed by atoms with Crippen molar-refractivity contribution in [3.63, 3.8) is 0 Å². The first-order valence-electron chi connectivity index (χ1n) is 13.2. The van der Waals surface area contributed by atoms with Gasteiger partial charge in [-0.05, 0) is 38.5 Å². The van der Waals surface area contributed by atoms with Crippen LogP contribution in [0.3, 0.4) is 0 Å². The average Bonchev–Trinajstić information content (AvgIpc) is 2.88. The van der Waals surface area contributed by atoms with Crippen LogP contribution in [0.2, 0.25) is 0 Å². The summed E-state index contributed by atoms with van der Waals surface area (Å²) in [7, 11) is 0. The largest absolute Gasteiger partial charge is 0.481 e. The van der Waals surface area contributed by atoms with Crippen molar-refractivity contribution in [3.8, 4) is 0 Å². The maximum atomic E-state index is 12.1. The third-order valence-electron chi connectivity index (χ3n) is 5.54. The first kappa shape index (κ1) is 36.1. The number of aliphatic carboxylic acids is 3. The Bertz CT molecular complexity index is 857. The quantitative estimate of drug-likeness (QED) is 0.0603. The Morgan fingerprint density at radius 3 is 2.23 bits per heavy atom. The van der Waals surface area contributed by atoms with Gasteiger partial charge in [-0.25, -0.2) is 4.79 Å². The van der Waals surface area contributed by atoms with E-state index in [0.717, 1.165) is 24.6 Å². The molecular formula is C28H44N2O8S. The van der Waals surface area contributed by atoms with Gasteiger partial charge in [0.25, 0.3) is 0 Å². The normalized spacial score (nSPS) is 15.2. The monoisotopic (exact) mass is 568 g/mol. The van der Waals surface area contributed by atoms with Crippen LogP contribution in [0.25, 0.3) is 0 Å². The van der Waals surface area contributed by atoms with E-state index in [9.17, 15) is 29.4 Å². The molecule has 0 aromatic carbocycles. The van der Waals surface area contributed by atoms with E-state index >= 15 is 0 Å². The van der Waals surface area contributed by atoms with E-state index in [1.807, 2.05) is 18.2 Å². The molecule has 2 unspecified atom stereocenters. The molecular weight excluding hydrogens is 524 g/mol. The van der Waals surface area contributed by atoms with Crippen molar-refractivity contribution < 1.29 is 39.6 Å². The van der Waals surface area contributed by atoms with Gasteiger partial charge in [-0.15, -0.1) is 11.8 Å². The van der Waals surface area contributed by atoms with E-state index < -0.39 is 47.3 Å². The van der Waals surface area contributed by atoms with Crippen molar-refractivity contribution in [1.82, 2.24) is 5.32 Å². The molecule has 0 aliphatic carbocycles. The minimum absolute atomic E-state index is 0.0642. The molecule has 39 heavy (non-hydrogen) atoms. The Kier molecular flexibility index (Phi) is 21.3. The molecule has 220 valence electrons. The Morgan fingerprint density at radius 1 is 0.872 bits per heavy atom. The van der Waals surface area contributed by atoms with Crippen LogP contribution < -0.4 is 11.1 Å². The summed E-state index contributed by atoms with van der Waals surface area (Å²) in [6.45, 7) is 2.17. The molecule has 11 heteroatoms. The van der Waals surface area contributed by atoms with E-state index in [0.29, 0.717) is 0 Å². The summed E-state index contributed by atoms with van der Waals surface area (Å²) in [6, 6.07) is -2.49. The van der Waals surface area contributed by atoms with Gasteiger partial charge in [0.1, 0.15) is 12.1 Å². The van der Waals surface area contributed by atoms with E-state index in [4.69, 9.17) is 15.9 Å². The van der Waals surface area contributed by atoms with Crippen molar-refractivity contribution in [1.29, 1.82) is 0 Å². The van der Waals surface area contributed by atoms with Crippen molar-refractivity contribution in [2.45, 2.75) is 94.6 Å². The van der Waals surface area contributed by atoms with Crippen LogP contribution in [-0.4, -0.2) is 73.4 Å². The summed E-state index contributed by atoms with van der Waals surface area (Å²) in [5.41, 5.74) is 5.38. The summed E-state index contributed by atoms with van der Waals surface area (Å²) < 4.78 is 0. The van der Waals surface area contributed by atoms with E-state index in [1.165, 1.54) is 19.3 Å². The minimum atomic E-state index is -1.27. The number of carboxylic acid groups (broad SMARTS) is 3. The number of carbonyl (C=O) groups excluding carboxylic acids is 1. The van der Waals surface area contributed by atoms with Gasteiger partial charge in [0.2, 0.25) is 5.91 Å². The van der Waals surface area contributed by atoms with Crippen molar-refractivity contribution >= 4 is 35.6 Å². The van der Waals surface area contributed by atoms with E-state index in [-0.39, 0.29) is 37.9 Å². The zero-order chi connectivity index (χ0) is 29.5. The molecule has 0 saturated heterocycles. The zero-order valence-corrected chi connectivity index (χ0v) is 23.4. The number of nitrogens with two attached hydrogens (primary N) is 1. The molecule has 0 aromatic heterocycles. The second-order valence-electron chi connectivity index (χ2n) is 8.99. The number of thioether (sulfide) groups is 1. The van der Waals surface area contributed by atoms with Crippen LogP contribution in [0.5, 0.6) is 0 Å². The average molecular weight is 569 g/mol. The number of aliphatic hydroxyl groups is 1. The Hall–Kier alpha value is -2.89. The summed E-state index contributed by atoms with van der Waals surface area (Å²) >= 11 is 1.12. The van der Waals surface area contributed by atoms with Crippen LogP contribution in [0.1, 0.15) is 71.1 Å². The molecule has 0 radical (unpaired) electrons. The maximum absolute atomic E-state index is 12.1. The molecule has 7 N–H and O–H groups in total. The number of rotatable bonds is 23. The number of unbranched alkanes of at least 4 members (excludes halogenated alkanes) is 3. The second-order valence-corrected chi connectivity index (χ2v) is 10.2. The Balaban J connectivity index is 5.01. The smallest absolute Gasteiger partial charge is 0.327 e. The summed E-state index contributed by atoms with van der Waals surface area (Å²) in [4.78, 5) is 45.4. The molecule has 4 atom stereocenters. The molecule has 0 aromatic rings. The molecule has 1 amide bonds. The van der Waals surface area contributed by atoms with Crippen molar-refractivity contribution in [2.24, 2.45) is 5.73 Å². The molecule has 0 bridgehead atoms. The molecule has 0 heterocycles. The predicted molar refractivity (Wildman–Crippen MR) is 153 cm³/mol. The van der Waals surface area contributed by atoms with Crippen LogP contribution in [0, 0.1) is 0 Å². The number of carboxylic acids is 3. The highest BCUT2D eigenvalue weighted by atomic mass is 32.2. The van der Waals surface area contributed by atoms with Crippen molar-refractivity contribution in [2.75, 3.05) is 5.75 Å². The first-order chi connectivity index (χ1) is 18.6. The lowest BCUT2D eigenvalue weighted by molar-refractivity contribution is -0.141. The predicted octanol–water partition coefficient (Wildman–Crippen LogP) is 3.66. The molecule has 0 fully saturated rings. The first-order valence-corrected chi connectivity index (χ1v) is 14.3. The van der Waals surface area contributed by atoms with E-state index in [2.05, 4.69) is 24.4 Å². The third kappa shape index (κ3) is 20.7. The van der Waals surface area contributed by atoms with Gasteiger partial charge in [-0.1, -0.05) is 68.4 Å². The number of hydrogen-bond donors (Lipinski definition) is 6. The number of nitrogens with one attached hydrogen (secondary N) is 1. The summed E-state index contributed by atoms with van der Waals surface area (Å²) in [5.74, 6) is -4.20. The van der Waals surface area contributed by atoms with Gasteiger partial charge in [-0.2, -0.15) is 0 Å². The Morgan fingerprint density at radius 2 is 1.59 bits per heavy atom. The fraction of sp³-hybridized carbons (Fsp3) is 0.571. The molecule has 0 spiro atoms. The zero-order valence-electron chi connectivity index (χ0n) is 22.6. The standard InChI is InChI=1S/C28H44N2O8S/c1-2-3-4-5-6-7-8-9-10-11-12-13-16-24(23(31)15-14-17-26(33)34)39-20-22(28(37)38)30-25(32)19-18-21(29)27(35)36/h6-7,9-13,16,21-24,31H,2-5,8,14-15,17-20,29H2,1H3,(H,30,32)(H,33,34)(H,35,36)(H,37,38)/b7-6-,10-9-,12-11+,16-13+/t21?,22?,23-,24+/m0/s1. The van der Waals surface area contributed by atoms with Gasteiger partial charge < -0.3 is 31.5 Å². The molecule has 0 rings (SSSR count). The number of aliphatic hydroxyl groups excluding tert-OH is 1. The van der Waals surface area contributed by atoms with E-state index in [1.54, 1.807) is 18.2 Å². The number of allylic oxidation sites excluding steroid dienone is 7. The Labute approximate surface area is 235 Å². The summed E-state index contributed by atoms with van der Waals surface area (Å²) in [5, 5.41) is 39.6. The highest BCUT2D eigenvalue weighted by molar-refractivity contribution is 8.00. The lowest BCUT2D eigenvalue weighted by Gasteiger charge is -2.22. The number of carbonyl (C=O) groups is 4. The molecule has 0 aliphatic heterocycles. The number of hydrogen-bond acceptors (Lipinski definition) is 7. The fourth-order valence-electron chi connectivity index (χ4n) is 3.24. The summed E-state index contributed by atoms with van der Waals surface area (Å²) in [6.07, 6.45) is 19.9. The lowest BCUT2D eigenvalue weighted by Crippen LogP contribution is -2.44. The molecule has 10 nitrogen and oxygen atoms in total. The van der Waals surface area contributed by atoms with Crippen LogP contribution in [0.15, 0.2) is 48.6 Å². The molecule has 0 aliphatic rings. The van der Waals surface area contributed by atoms with Gasteiger partial charge in [0.15, 0.2) is 0 Å². The third-order valence-corrected chi connectivity index (χ3v) is 6.92. The minimum Gasteiger partial charge on any atom is -0.481 e. The molecule has 0 saturated carbocycles. The second kappa shape index (κ2) is 23.0. The highest BCUT2D eigenvalue weighted by Gasteiger charge is 2.25. The topological polar surface area (TPSA) is 187 Å². The van der Waals surface area contributed by atoms with Gasteiger partial charge >= 0.3 is 17.9 Å².